The number of benzene rings is 1. The SMILES string of the molecule is Oc1cc(CI)ccc1F. The molecule has 10 heavy (non-hydrogen) atoms. The molecule has 0 unspecified atom stereocenters. The van der Waals surface area contributed by atoms with Crippen molar-refractivity contribution in [3.63, 3.8) is 0 Å². The molecule has 3 heteroatoms. The van der Waals surface area contributed by atoms with Gasteiger partial charge in [0.2, 0.25) is 0 Å². The molecule has 0 saturated heterocycles. The van der Waals surface area contributed by atoms with E-state index in [9.17, 15) is 4.39 Å². The molecule has 0 amide bonds. The van der Waals surface area contributed by atoms with Gasteiger partial charge in [0.05, 0.1) is 0 Å². The van der Waals surface area contributed by atoms with Crippen molar-refractivity contribution in [2.24, 2.45) is 0 Å². The molecule has 0 aromatic heterocycles. The van der Waals surface area contributed by atoms with Crippen molar-refractivity contribution in [2.75, 3.05) is 0 Å². The Balaban J connectivity index is 3.04. The fraction of sp³-hybridized carbons (Fsp3) is 0.143. The van der Waals surface area contributed by atoms with Crippen LogP contribution in [0.2, 0.25) is 0 Å². The summed E-state index contributed by atoms with van der Waals surface area (Å²) in [6, 6.07) is 4.35. The van der Waals surface area contributed by atoms with E-state index in [-0.39, 0.29) is 5.75 Å². The Bertz CT molecular complexity index is 237. The van der Waals surface area contributed by atoms with Crippen LogP contribution in [0.15, 0.2) is 18.2 Å². The van der Waals surface area contributed by atoms with Gasteiger partial charge in [0.1, 0.15) is 0 Å². The second-order valence-corrected chi connectivity index (χ2v) is 2.68. The summed E-state index contributed by atoms with van der Waals surface area (Å²) in [5.41, 5.74) is 0.930. The first-order chi connectivity index (χ1) is 4.74. The molecule has 0 aliphatic heterocycles. The van der Waals surface area contributed by atoms with E-state index in [1.807, 2.05) is 0 Å². The number of phenols is 1. The average Bonchev–Trinajstić information content (AvgIpc) is 1.95. The van der Waals surface area contributed by atoms with Gasteiger partial charge in [0.25, 0.3) is 0 Å². The molecule has 1 rings (SSSR count). The minimum absolute atomic E-state index is 0.269. The molecule has 0 radical (unpaired) electrons. The number of aromatic hydroxyl groups is 1. The highest BCUT2D eigenvalue weighted by Gasteiger charge is 1.98. The van der Waals surface area contributed by atoms with E-state index in [1.165, 1.54) is 12.1 Å². The maximum Gasteiger partial charge on any atom is 0.164 e. The van der Waals surface area contributed by atoms with Crippen molar-refractivity contribution in [1.29, 1.82) is 0 Å². The van der Waals surface area contributed by atoms with Crippen LogP contribution in [0.1, 0.15) is 5.56 Å². The molecule has 0 fully saturated rings. The Morgan fingerprint density at radius 3 is 2.70 bits per heavy atom. The minimum atomic E-state index is -0.561. The number of phenolic OH excluding ortho intramolecular Hbond substituents is 1. The van der Waals surface area contributed by atoms with Crippen molar-refractivity contribution >= 4 is 22.6 Å². The first-order valence-corrected chi connectivity index (χ1v) is 4.30. The molecule has 0 aliphatic rings. The molecule has 0 heterocycles. The maximum atomic E-state index is 12.4. The highest BCUT2D eigenvalue weighted by Crippen LogP contribution is 2.17. The molecular weight excluding hydrogens is 246 g/mol. The standard InChI is InChI=1S/C7H6FIO/c8-6-2-1-5(4-9)3-7(6)10/h1-3,10H,4H2. The van der Waals surface area contributed by atoms with Gasteiger partial charge in [-0.3, -0.25) is 0 Å². The smallest absolute Gasteiger partial charge is 0.164 e. The van der Waals surface area contributed by atoms with Crippen molar-refractivity contribution in [2.45, 2.75) is 4.43 Å². The van der Waals surface area contributed by atoms with Crippen LogP contribution in [0.25, 0.3) is 0 Å². The highest BCUT2D eigenvalue weighted by atomic mass is 127. The van der Waals surface area contributed by atoms with E-state index in [1.54, 1.807) is 6.07 Å². The molecule has 1 aromatic carbocycles. The third-order valence-electron chi connectivity index (χ3n) is 1.16. The van der Waals surface area contributed by atoms with Gasteiger partial charge in [0, 0.05) is 4.43 Å². The van der Waals surface area contributed by atoms with Crippen LogP contribution in [-0.2, 0) is 4.43 Å². The Morgan fingerprint density at radius 1 is 1.50 bits per heavy atom. The molecule has 0 bridgehead atoms. The zero-order valence-corrected chi connectivity index (χ0v) is 7.30. The van der Waals surface area contributed by atoms with E-state index in [0.717, 1.165) is 9.99 Å². The lowest BCUT2D eigenvalue weighted by Crippen LogP contribution is -1.79. The van der Waals surface area contributed by atoms with Crippen LogP contribution in [0.3, 0.4) is 0 Å². The third kappa shape index (κ3) is 1.59. The lowest BCUT2D eigenvalue weighted by molar-refractivity contribution is 0.432. The number of hydrogen-bond acceptors (Lipinski definition) is 1. The van der Waals surface area contributed by atoms with E-state index < -0.39 is 5.82 Å². The quantitative estimate of drug-likeness (QED) is 0.601. The van der Waals surface area contributed by atoms with Gasteiger partial charge >= 0.3 is 0 Å². The van der Waals surface area contributed by atoms with Crippen molar-refractivity contribution in [3.8, 4) is 5.75 Å². The summed E-state index contributed by atoms with van der Waals surface area (Å²) >= 11 is 2.15. The monoisotopic (exact) mass is 252 g/mol. The normalized spacial score (nSPS) is 9.80. The summed E-state index contributed by atoms with van der Waals surface area (Å²) in [6.07, 6.45) is 0. The Labute approximate surface area is 72.0 Å². The zero-order valence-electron chi connectivity index (χ0n) is 5.14. The van der Waals surface area contributed by atoms with Crippen LogP contribution in [-0.4, -0.2) is 5.11 Å². The highest BCUT2D eigenvalue weighted by molar-refractivity contribution is 14.1. The number of alkyl halides is 1. The second kappa shape index (κ2) is 3.18. The maximum absolute atomic E-state index is 12.4. The van der Waals surface area contributed by atoms with Crippen LogP contribution >= 0.6 is 22.6 Å². The summed E-state index contributed by atoms with van der Waals surface area (Å²) < 4.78 is 13.2. The second-order valence-electron chi connectivity index (χ2n) is 1.92. The van der Waals surface area contributed by atoms with E-state index in [2.05, 4.69) is 22.6 Å². The van der Waals surface area contributed by atoms with E-state index in [0.29, 0.717) is 0 Å². The molecule has 1 nitrogen and oxygen atoms in total. The van der Waals surface area contributed by atoms with Crippen LogP contribution in [0.5, 0.6) is 5.75 Å². The fourth-order valence-electron chi connectivity index (χ4n) is 0.641. The van der Waals surface area contributed by atoms with Crippen LogP contribution in [0, 0.1) is 5.82 Å². The fourth-order valence-corrected chi connectivity index (χ4v) is 1.12. The van der Waals surface area contributed by atoms with Gasteiger partial charge in [-0.25, -0.2) is 4.39 Å². The Kier molecular flexibility index (Phi) is 2.48. The average molecular weight is 252 g/mol. The van der Waals surface area contributed by atoms with E-state index in [4.69, 9.17) is 5.11 Å². The molecular formula is C7H6FIO. The zero-order chi connectivity index (χ0) is 7.56. The number of hydrogen-bond donors (Lipinski definition) is 1. The molecule has 0 atom stereocenters. The van der Waals surface area contributed by atoms with Crippen molar-refractivity contribution in [3.05, 3.63) is 29.6 Å². The molecule has 0 spiro atoms. The summed E-state index contributed by atoms with van der Waals surface area (Å²) in [5.74, 6) is -0.831. The molecule has 0 aliphatic carbocycles. The summed E-state index contributed by atoms with van der Waals surface area (Å²) in [5, 5.41) is 8.85. The van der Waals surface area contributed by atoms with Gasteiger partial charge in [-0.2, -0.15) is 0 Å². The van der Waals surface area contributed by atoms with Crippen molar-refractivity contribution < 1.29 is 9.50 Å². The summed E-state index contributed by atoms with van der Waals surface area (Å²) in [7, 11) is 0. The first kappa shape index (κ1) is 7.78. The topological polar surface area (TPSA) is 20.2 Å². The molecule has 1 N–H and O–H groups in total. The summed E-state index contributed by atoms with van der Waals surface area (Å²) in [6.45, 7) is 0. The number of halogens is 2. The van der Waals surface area contributed by atoms with Gasteiger partial charge < -0.3 is 5.11 Å². The number of rotatable bonds is 1. The molecule has 0 saturated carbocycles. The van der Waals surface area contributed by atoms with E-state index >= 15 is 0 Å². The Morgan fingerprint density at radius 2 is 2.20 bits per heavy atom. The first-order valence-electron chi connectivity index (χ1n) is 2.77. The van der Waals surface area contributed by atoms with Gasteiger partial charge in [-0.05, 0) is 17.7 Å². The van der Waals surface area contributed by atoms with Gasteiger partial charge in [0.15, 0.2) is 11.6 Å². The third-order valence-corrected chi connectivity index (χ3v) is 2.05. The van der Waals surface area contributed by atoms with Gasteiger partial charge in [-0.1, -0.05) is 28.7 Å². The largest absolute Gasteiger partial charge is 0.505 e. The predicted octanol–water partition coefficient (Wildman–Crippen LogP) is 2.47. The lowest BCUT2D eigenvalue weighted by atomic mass is 10.2. The lowest BCUT2D eigenvalue weighted by Gasteiger charge is -1.96. The minimum Gasteiger partial charge on any atom is -0.505 e. The molecule has 54 valence electrons. The Hall–Kier alpha value is -0.320. The van der Waals surface area contributed by atoms with Crippen LogP contribution < -0.4 is 0 Å². The predicted molar refractivity (Wildman–Crippen MR) is 45.8 cm³/mol. The van der Waals surface area contributed by atoms with Gasteiger partial charge in [-0.15, -0.1) is 0 Å². The summed E-state index contributed by atoms with van der Waals surface area (Å²) in [4.78, 5) is 0. The van der Waals surface area contributed by atoms with Crippen LogP contribution in [0.4, 0.5) is 4.39 Å². The van der Waals surface area contributed by atoms with Crippen molar-refractivity contribution in [1.82, 2.24) is 0 Å². The molecule has 1 aromatic rings.